The van der Waals surface area contributed by atoms with Crippen molar-refractivity contribution in [2.24, 2.45) is 0 Å². The fourth-order valence-corrected chi connectivity index (χ4v) is 1.06. The van der Waals surface area contributed by atoms with Crippen LogP contribution in [0.3, 0.4) is 0 Å². The van der Waals surface area contributed by atoms with Crippen molar-refractivity contribution in [1.29, 1.82) is 0 Å². The average molecular weight is 227 g/mol. The van der Waals surface area contributed by atoms with Crippen molar-refractivity contribution >= 4 is 17.6 Å². The van der Waals surface area contributed by atoms with Crippen LogP contribution >= 0.6 is 11.6 Å². The molecule has 0 heterocycles. The molecule has 0 aliphatic heterocycles. The number of carbonyl (C=O) groups excluding carboxylic acids is 1. The predicted octanol–water partition coefficient (Wildman–Crippen LogP) is 2.05. The van der Waals surface area contributed by atoms with Gasteiger partial charge in [0.2, 0.25) is 0 Å². The molecular weight excluding hydrogens is 216 g/mol. The summed E-state index contributed by atoms with van der Waals surface area (Å²) >= 11 is 5.67. The lowest BCUT2D eigenvalue weighted by Crippen LogP contribution is -2.04. The highest BCUT2D eigenvalue weighted by Gasteiger charge is 2.04. The van der Waals surface area contributed by atoms with Gasteiger partial charge in [-0.05, 0) is 30.3 Å². The lowest BCUT2D eigenvalue weighted by atomic mass is 10.2. The summed E-state index contributed by atoms with van der Waals surface area (Å²) in [6.45, 7) is 0.0977. The van der Waals surface area contributed by atoms with Crippen molar-refractivity contribution in [3.8, 4) is 0 Å². The van der Waals surface area contributed by atoms with E-state index in [0.717, 1.165) is 0 Å². The van der Waals surface area contributed by atoms with Gasteiger partial charge < -0.3 is 9.84 Å². The molecule has 15 heavy (non-hydrogen) atoms. The van der Waals surface area contributed by atoms with Crippen LogP contribution in [0.4, 0.5) is 0 Å². The summed E-state index contributed by atoms with van der Waals surface area (Å²) in [4.78, 5) is 11.4. The number of ether oxygens (including phenoxy) is 1. The number of halogens is 1. The molecule has 1 aromatic rings. The molecule has 4 heteroatoms. The van der Waals surface area contributed by atoms with Gasteiger partial charge in [-0.15, -0.1) is 0 Å². The van der Waals surface area contributed by atoms with E-state index in [9.17, 15) is 4.79 Å². The standard InChI is InChI=1S/C11H11ClO3/c12-10-5-3-9(4-6-10)11(14)15-8-2-1-7-13/h1-6,13H,7-8H2. The zero-order valence-corrected chi connectivity index (χ0v) is 8.78. The van der Waals surface area contributed by atoms with Crippen LogP contribution in [-0.2, 0) is 4.74 Å². The van der Waals surface area contributed by atoms with Crippen molar-refractivity contribution in [3.63, 3.8) is 0 Å². The summed E-state index contributed by atoms with van der Waals surface area (Å²) in [6.07, 6.45) is 3.09. The molecule has 0 radical (unpaired) electrons. The Morgan fingerprint density at radius 1 is 1.33 bits per heavy atom. The summed E-state index contributed by atoms with van der Waals surface area (Å²) in [5.41, 5.74) is 0.455. The van der Waals surface area contributed by atoms with Crippen LogP contribution in [0.1, 0.15) is 10.4 Å². The van der Waals surface area contributed by atoms with Gasteiger partial charge in [-0.25, -0.2) is 4.79 Å². The molecule has 0 aliphatic carbocycles. The van der Waals surface area contributed by atoms with Crippen LogP contribution in [-0.4, -0.2) is 24.3 Å². The molecular formula is C11H11ClO3. The van der Waals surface area contributed by atoms with Crippen molar-refractivity contribution in [3.05, 3.63) is 47.0 Å². The maximum absolute atomic E-state index is 11.4. The molecule has 1 aromatic carbocycles. The van der Waals surface area contributed by atoms with Crippen LogP contribution in [0.25, 0.3) is 0 Å². The Hall–Kier alpha value is -1.32. The van der Waals surface area contributed by atoms with Gasteiger partial charge in [0.1, 0.15) is 6.61 Å². The molecule has 0 atom stereocenters. The van der Waals surface area contributed by atoms with E-state index in [0.29, 0.717) is 10.6 Å². The number of benzene rings is 1. The molecule has 0 saturated heterocycles. The molecule has 0 amide bonds. The van der Waals surface area contributed by atoms with E-state index in [2.05, 4.69) is 0 Å². The number of hydrogen-bond donors (Lipinski definition) is 1. The van der Waals surface area contributed by atoms with Crippen LogP contribution in [0, 0.1) is 0 Å². The van der Waals surface area contributed by atoms with E-state index in [4.69, 9.17) is 21.4 Å². The summed E-state index contributed by atoms with van der Waals surface area (Å²) in [5, 5.41) is 9.01. The Morgan fingerprint density at radius 3 is 2.60 bits per heavy atom. The number of rotatable bonds is 4. The Morgan fingerprint density at radius 2 is 2.00 bits per heavy atom. The largest absolute Gasteiger partial charge is 0.458 e. The minimum Gasteiger partial charge on any atom is -0.458 e. The number of carbonyl (C=O) groups is 1. The Labute approximate surface area is 92.9 Å². The normalized spacial score (nSPS) is 10.5. The average Bonchev–Trinajstić information content (AvgIpc) is 2.25. The van der Waals surface area contributed by atoms with Crippen LogP contribution < -0.4 is 0 Å². The summed E-state index contributed by atoms with van der Waals surface area (Å²) < 4.78 is 4.89. The van der Waals surface area contributed by atoms with Gasteiger partial charge in [0.15, 0.2) is 0 Å². The molecule has 80 valence electrons. The number of esters is 1. The van der Waals surface area contributed by atoms with E-state index in [1.165, 1.54) is 6.08 Å². The fraction of sp³-hybridized carbons (Fsp3) is 0.182. The lowest BCUT2D eigenvalue weighted by molar-refractivity contribution is 0.0549. The van der Waals surface area contributed by atoms with Gasteiger partial charge in [0.25, 0.3) is 0 Å². The van der Waals surface area contributed by atoms with Gasteiger partial charge in [-0.2, -0.15) is 0 Å². The van der Waals surface area contributed by atoms with E-state index >= 15 is 0 Å². The monoisotopic (exact) mass is 226 g/mol. The highest BCUT2D eigenvalue weighted by molar-refractivity contribution is 6.30. The Bertz CT molecular complexity index is 343. The van der Waals surface area contributed by atoms with Crippen molar-refractivity contribution < 1.29 is 14.6 Å². The molecule has 0 aromatic heterocycles. The van der Waals surface area contributed by atoms with Gasteiger partial charge in [0.05, 0.1) is 12.2 Å². The third kappa shape index (κ3) is 4.14. The first kappa shape index (κ1) is 11.8. The molecule has 0 unspecified atom stereocenters. The molecule has 1 rings (SSSR count). The van der Waals surface area contributed by atoms with Crippen LogP contribution in [0.15, 0.2) is 36.4 Å². The summed E-state index contributed by atoms with van der Waals surface area (Å²) in [5.74, 6) is -0.408. The summed E-state index contributed by atoms with van der Waals surface area (Å²) in [7, 11) is 0. The van der Waals surface area contributed by atoms with E-state index in [-0.39, 0.29) is 13.2 Å². The van der Waals surface area contributed by atoms with Gasteiger partial charge in [-0.3, -0.25) is 0 Å². The molecule has 0 spiro atoms. The maximum Gasteiger partial charge on any atom is 0.338 e. The third-order valence-electron chi connectivity index (χ3n) is 1.66. The first-order chi connectivity index (χ1) is 7.24. The quantitative estimate of drug-likeness (QED) is 0.631. The minimum atomic E-state index is -0.408. The smallest absolute Gasteiger partial charge is 0.338 e. The number of aliphatic hydroxyl groups is 1. The topological polar surface area (TPSA) is 46.5 Å². The predicted molar refractivity (Wildman–Crippen MR) is 58.0 cm³/mol. The molecule has 3 nitrogen and oxygen atoms in total. The molecule has 0 bridgehead atoms. The van der Waals surface area contributed by atoms with Crippen molar-refractivity contribution in [1.82, 2.24) is 0 Å². The van der Waals surface area contributed by atoms with E-state index in [1.54, 1.807) is 30.3 Å². The van der Waals surface area contributed by atoms with Gasteiger partial charge in [-0.1, -0.05) is 17.7 Å². The van der Waals surface area contributed by atoms with Crippen molar-refractivity contribution in [2.75, 3.05) is 13.2 Å². The second-order valence-corrected chi connectivity index (χ2v) is 3.20. The number of aliphatic hydroxyl groups excluding tert-OH is 1. The summed E-state index contributed by atoms with van der Waals surface area (Å²) in [6, 6.07) is 6.45. The van der Waals surface area contributed by atoms with Gasteiger partial charge >= 0.3 is 5.97 Å². The fourth-order valence-electron chi connectivity index (χ4n) is 0.936. The SMILES string of the molecule is O=C(OCC=CCO)c1ccc(Cl)cc1. The first-order valence-electron chi connectivity index (χ1n) is 4.42. The number of hydrogen-bond acceptors (Lipinski definition) is 3. The molecule has 0 saturated carbocycles. The first-order valence-corrected chi connectivity index (χ1v) is 4.80. The zero-order chi connectivity index (χ0) is 11.1. The van der Waals surface area contributed by atoms with E-state index in [1.807, 2.05) is 0 Å². The zero-order valence-electron chi connectivity index (χ0n) is 8.02. The molecule has 1 N–H and O–H groups in total. The maximum atomic E-state index is 11.4. The van der Waals surface area contributed by atoms with Crippen LogP contribution in [0.5, 0.6) is 0 Å². The minimum absolute atomic E-state index is 0.0570. The van der Waals surface area contributed by atoms with E-state index < -0.39 is 5.97 Å². The Balaban J connectivity index is 2.47. The highest BCUT2D eigenvalue weighted by atomic mass is 35.5. The second kappa shape index (κ2) is 6.22. The molecule has 0 fully saturated rings. The lowest BCUT2D eigenvalue weighted by Gasteiger charge is -2.01. The second-order valence-electron chi connectivity index (χ2n) is 2.76. The van der Waals surface area contributed by atoms with Gasteiger partial charge in [0, 0.05) is 5.02 Å². The third-order valence-corrected chi connectivity index (χ3v) is 1.91. The highest BCUT2D eigenvalue weighted by Crippen LogP contribution is 2.10. The van der Waals surface area contributed by atoms with Crippen LogP contribution in [0.2, 0.25) is 5.02 Å². The van der Waals surface area contributed by atoms with Crippen molar-refractivity contribution in [2.45, 2.75) is 0 Å². The molecule has 0 aliphatic rings. The Kier molecular flexibility index (Phi) is 4.87.